The average Bonchev–Trinajstić information content (AvgIpc) is 2.81. The number of hydrogen-bond donors (Lipinski definition) is 2. The number of rotatable bonds is 6. The summed E-state index contributed by atoms with van der Waals surface area (Å²) in [7, 11) is 1.64. The van der Waals surface area contributed by atoms with Crippen molar-refractivity contribution in [3.8, 4) is 34.0 Å². The van der Waals surface area contributed by atoms with Crippen molar-refractivity contribution in [1.29, 1.82) is 0 Å². The smallest absolute Gasteiger partial charge is 0.244 e. The van der Waals surface area contributed by atoms with Crippen LogP contribution < -0.4 is 10.2 Å². The molecule has 0 atom stereocenters. The number of hydrogen-bond acceptors (Lipinski definition) is 6. The fourth-order valence-electron chi connectivity index (χ4n) is 2.92. The van der Waals surface area contributed by atoms with Gasteiger partial charge in [0.05, 0.1) is 24.7 Å². The second-order valence-electron chi connectivity index (χ2n) is 6.49. The van der Waals surface area contributed by atoms with Crippen molar-refractivity contribution in [1.82, 2.24) is 9.97 Å². The van der Waals surface area contributed by atoms with E-state index in [0.717, 1.165) is 28.3 Å². The first kappa shape index (κ1) is 19.1. The first-order valence-corrected chi connectivity index (χ1v) is 9.39. The van der Waals surface area contributed by atoms with Crippen molar-refractivity contribution >= 4 is 12.2 Å². The molecule has 4 rings (SSSR count). The highest BCUT2D eigenvalue weighted by Crippen LogP contribution is 2.26. The summed E-state index contributed by atoms with van der Waals surface area (Å²) in [6, 6.07) is 26.5. The molecule has 2 N–H and O–H groups in total. The SMILES string of the molecule is COc1ccc(-c2cc(-c3ccccc3)nc(N/N=C/c3ccccc3O)n2)cc1. The second-order valence-corrected chi connectivity index (χ2v) is 6.49. The average molecular weight is 396 g/mol. The molecule has 0 saturated carbocycles. The first-order chi connectivity index (χ1) is 14.7. The van der Waals surface area contributed by atoms with Gasteiger partial charge in [-0.15, -0.1) is 0 Å². The second kappa shape index (κ2) is 8.87. The minimum atomic E-state index is 0.154. The van der Waals surface area contributed by atoms with Crippen LogP contribution in [0.4, 0.5) is 5.95 Å². The summed E-state index contributed by atoms with van der Waals surface area (Å²) in [6.07, 6.45) is 1.53. The number of para-hydroxylation sites is 1. The van der Waals surface area contributed by atoms with Gasteiger partial charge >= 0.3 is 0 Å². The summed E-state index contributed by atoms with van der Waals surface area (Å²) >= 11 is 0. The fourth-order valence-corrected chi connectivity index (χ4v) is 2.92. The van der Waals surface area contributed by atoms with Gasteiger partial charge in [-0.3, -0.25) is 0 Å². The van der Waals surface area contributed by atoms with Crippen molar-refractivity contribution < 1.29 is 9.84 Å². The summed E-state index contributed by atoms with van der Waals surface area (Å²) in [6.45, 7) is 0. The third-order valence-electron chi connectivity index (χ3n) is 4.49. The lowest BCUT2D eigenvalue weighted by atomic mass is 10.1. The van der Waals surface area contributed by atoms with Crippen LogP contribution in [-0.2, 0) is 0 Å². The molecule has 0 radical (unpaired) electrons. The van der Waals surface area contributed by atoms with Crippen LogP contribution >= 0.6 is 0 Å². The van der Waals surface area contributed by atoms with Crippen LogP contribution in [0.15, 0.2) is 90.0 Å². The van der Waals surface area contributed by atoms with Crippen LogP contribution in [0, 0.1) is 0 Å². The van der Waals surface area contributed by atoms with Crippen LogP contribution in [0.2, 0.25) is 0 Å². The summed E-state index contributed by atoms with van der Waals surface area (Å²) in [4.78, 5) is 9.19. The van der Waals surface area contributed by atoms with Crippen LogP contribution in [0.5, 0.6) is 11.5 Å². The molecule has 6 heteroatoms. The predicted octanol–water partition coefficient (Wildman–Crippen LogP) is 4.97. The van der Waals surface area contributed by atoms with E-state index in [9.17, 15) is 5.11 Å². The molecule has 1 aromatic heterocycles. The van der Waals surface area contributed by atoms with E-state index in [4.69, 9.17) is 4.74 Å². The maximum atomic E-state index is 9.88. The van der Waals surface area contributed by atoms with E-state index in [2.05, 4.69) is 20.5 Å². The lowest BCUT2D eigenvalue weighted by Gasteiger charge is -2.09. The summed E-state index contributed by atoms with van der Waals surface area (Å²) < 4.78 is 5.24. The largest absolute Gasteiger partial charge is 0.507 e. The number of phenolic OH excluding ortho intramolecular Hbond substituents is 1. The minimum absolute atomic E-state index is 0.154. The van der Waals surface area contributed by atoms with Crippen LogP contribution in [0.25, 0.3) is 22.5 Å². The Morgan fingerprint density at radius 2 is 1.47 bits per heavy atom. The van der Waals surface area contributed by atoms with Gasteiger partial charge in [0, 0.05) is 16.7 Å². The Labute approximate surface area is 174 Å². The Morgan fingerprint density at radius 1 is 0.833 bits per heavy atom. The van der Waals surface area contributed by atoms with E-state index in [1.54, 1.807) is 25.3 Å². The molecule has 6 nitrogen and oxygen atoms in total. The number of nitrogens with one attached hydrogen (secondary N) is 1. The van der Waals surface area contributed by atoms with Gasteiger partial charge in [0.2, 0.25) is 5.95 Å². The number of phenols is 1. The van der Waals surface area contributed by atoms with Crippen LogP contribution in [0.1, 0.15) is 5.56 Å². The van der Waals surface area contributed by atoms with Gasteiger partial charge in [0.15, 0.2) is 0 Å². The van der Waals surface area contributed by atoms with Crippen LogP contribution in [-0.4, -0.2) is 28.4 Å². The Bertz CT molecular complexity index is 1160. The monoisotopic (exact) mass is 396 g/mol. The fraction of sp³-hybridized carbons (Fsp3) is 0.0417. The van der Waals surface area contributed by atoms with Gasteiger partial charge in [-0.2, -0.15) is 5.10 Å². The molecular weight excluding hydrogens is 376 g/mol. The van der Waals surface area contributed by atoms with E-state index < -0.39 is 0 Å². The van der Waals surface area contributed by atoms with Crippen molar-refractivity contribution in [2.24, 2.45) is 5.10 Å². The lowest BCUT2D eigenvalue weighted by Crippen LogP contribution is -2.00. The number of benzene rings is 3. The third-order valence-corrected chi connectivity index (χ3v) is 4.49. The van der Waals surface area contributed by atoms with Crippen molar-refractivity contribution in [2.75, 3.05) is 12.5 Å². The lowest BCUT2D eigenvalue weighted by molar-refractivity contribution is 0.415. The van der Waals surface area contributed by atoms with E-state index in [0.29, 0.717) is 11.5 Å². The number of aromatic hydroxyl groups is 1. The molecule has 0 aliphatic carbocycles. The molecule has 30 heavy (non-hydrogen) atoms. The van der Waals surface area contributed by atoms with Gasteiger partial charge < -0.3 is 9.84 Å². The van der Waals surface area contributed by atoms with Crippen molar-refractivity contribution in [2.45, 2.75) is 0 Å². The highest BCUT2D eigenvalue weighted by atomic mass is 16.5. The number of aromatic nitrogens is 2. The predicted molar refractivity (Wildman–Crippen MR) is 119 cm³/mol. The third kappa shape index (κ3) is 4.44. The Hall–Kier alpha value is -4.19. The highest BCUT2D eigenvalue weighted by molar-refractivity contribution is 5.83. The van der Waals surface area contributed by atoms with Crippen molar-refractivity contribution in [3.63, 3.8) is 0 Å². The van der Waals surface area contributed by atoms with Gasteiger partial charge in [-0.05, 0) is 42.5 Å². The van der Waals surface area contributed by atoms with Gasteiger partial charge in [-0.1, -0.05) is 42.5 Å². The molecule has 0 aliphatic rings. The zero-order valence-electron chi connectivity index (χ0n) is 16.4. The molecule has 0 aliphatic heterocycles. The molecule has 0 bridgehead atoms. The number of hydrazone groups is 1. The molecule has 3 aromatic carbocycles. The zero-order valence-corrected chi connectivity index (χ0v) is 16.4. The number of anilines is 1. The Balaban J connectivity index is 1.69. The Morgan fingerprint density at radius 3 is 2.13 bits per heavy atom. The molecule has 0 spiro atoms. The Kier molecular flexibility index (Phi) is 5.66. The molecular formula is C24H20N4O2. The maximum absolute atomic E-state index is 9.88. The summed E-state index contributed by atoms with van der Waals surface area (Å²) in [5.41, 5.74) is 6.91. The standard InChI is InChI=1S/C24H20N4O2/c1-30-20-13-11-18(12-14-20)22-15-21(17-7-3-2-4-8-17)26-24(27-22)28-25-16-19-9-5-6-10-23(19)29/h2-16,29H,1H3,(H,26,27,28)/b25-16+. The van der Waals surface area contributed by atoms with Gasteiger partial charge in [-0.25, -0.2) is 15.4 Å². The molecule has 4 aromatic rings. The molecule has 0 unspecified atom stereocenters. The maximum Gasteiger partial charge on any atom is 0.244 e. The molecule has 148 valence electrons. The van der Waals surface area contributed by atoms with E-state index in [-0.39, 0.29) is 5.75 Å². The molecule has 0 fully saturated rings. The highest BCUT2D eigenvalue weighted by Gasteiger charge is 2.09. The zero-order chi connectivity index (χ0) is 20.8. The van der Waals surface area contributed by atoms with Crippen LogP contribution in [0.3, 0.4) is 0 Å². The van der Waals surface area contributed by atoms with E-state index >= 15 is 0 Å². The molecule has 1 heterocycles. The minimum Gasteiger partial charge on any atom is -0.507 e. The number of methoxy groups -OCH3 is 1. The van der Waals surface area contributed by atoms with Gasteiger partial charge in [0.1, 0.15) is 11.5 Å². The van der Waals surface area contributed by atoms with E-state index in [1.807, 2.05) is 66.7 Å². The quantitative estimate of drug-likeness (QED) is 0.355. The molecule has 0 saturated heterocycles. The first-order valence-electron chi connectivity index (χ1n) is 9.39. The van der Waals surface area contributed by atoms with E-state index in [1.165, 1.54) is 6.21 Å². The number of ether oxygens (including phenoxy) is 1. The van der Waals surface area contributed by atoms with Gasteiger partial charge in [0.25, 0.3) is 0 Å². The van der Waals surface area contributed by atoms with Crippen molar-refractivity contribution in [3.05, 3.63) is 90.5 Å². The molecule has 0 amide bonds. The normalized spacial score (nSPS) is 10.8. The summed E-state index contributed by atoms with van der Waals surface area (Å²) in [5.74, 6) is 1.29. The summed E-state index contributed by atoms with van der Waals surface area (Å²) in [5, 5.41) is 14.1. The topological polar surface area (TPSA) is 79.6 Å². The number of nitrogens with zero attached hydrogens (tertiary/aromatic N) is 3.